The highest BCUT2D eigenvalue weighted by molar-refractivity contribution is 7.92. The molecule has 0 aliphatic rings. The topological polar surface area (TPSA) is 146 Å². The van der Waals surface area contributed by atoms with E-state index < -0.39 is 15.4 Å². The van der Waals surface area contributed by atoms with E-state index >= 15 is 0 Å². The van der Waals surface area contributed by atoms with E-state index in [1.54, 1.807) is 42.5 Å². The molecule has 2 N–H and O–H groups in total. The number of benzene rings is 2. The predicted molar refractivity (Wildman–Crippen MR) is 140 cm³/mol. The number of para-hydroxylation sites is 2. The summed E-state index contributed by atoms with van der Waals surface area (Å²) in [7, 11) is -1.30. The van der Waals surface area contributed by atoms with Gasteiger partial charge < -0.3 is 19.3 Å². The summed E-state index contributed by atoms with van der Waals surface area (Å²) in [5, 5.41) is 9.64. The van der Waals surface area contributed by atoms with E-state index in [2.05, 4.69) is 24.7 Å². The number of anilines is 1. The van der Waals surface area contributed by atoms with Crippen molar-refractivity contribution in [2.45, 2.75) is 24.2 Å². The highest BCUT2D eigenvalue weighted by atomic mass is 32.2. The Hall–Kier alpha value is -4.29. The number of nitrogens with one attached hydrogen (secondary N) is 1. The van der Waals surface area contributed by atoms with Gasteiger partial charge in [-0.25, -0.2) is 23.4 Å². The molecule has 0 spiro atoms. The van der Waals surface area contributed by atoms with Crippen LogP contribution in [0.5, 0.6) is 23.1 Å². The van der Waals surface area contributed by atoms with E-state index in [0.29, 0.717) is 5.75 Å². The number of nitrogens with zero attached hydrogens (tertiary/aromatic N) is 4. The van der Waals surface area contributed by atoms with E-state index in [1.807, 2.05) is 13.8 Å². The second-order valence-electron chi connectivity index (χ2n) is 8.73. The Morgan fingerprint density at radius 3 is 2.13 bits per heavy atom. The number of aliphatic hydroxyl groups is 1. The van der Waals surface area contributed by atoms with Crippen molar-refractivity contribution in [2.75, 3.05) is 25.5 Å². The van der Waals surface area contributed by atoms with Gasteiger partial charge >= 0.3 is 0 Å². The number of rotatable bonds is 10. The summed E-state index contributed by atoms with van der Waals surface area (Å²) >= 11 is 0. The fourth-order valence-corrected chi connectivity index (χ4v) is 4.42. The molecule has 0 amide bonds. The molecule has 12 heteroatoms. The quantitative estimate of drug-likeness (QED) is 0.306. The van der Waals surface area contributed by atoms with Crippen LogP contribution in [0.25, 0.3) is 11.6 Å². The average Bonchev–Trinajstić information content (AvgIpc) is 2.94. The van der Waals surface area contributed by atoms with E-state index in [-0.39, 0.29) is 46.3 Å². The van der Waals surface area contributed by atoms with Crippen LogP contribution >= 0.6 is 0 Å². The van der Waals surface area contributed by atoms with Crippen LogP contribution in [0.15, 0.2) is 71.9 Å². The maximum atomic E-state index is 13.4. The van der Waals surface area contributed by atoms with Crippen LogP contribution < -0.4 is 18.9 Å². The van der Waals surface area contributed by atoms with Gasteiger partial charge in [-0.3, -0.25) is 4.72 Å². The van der Waals surface area contributed by atoms with Gasteiger partial charge in [0.25, 0.3) is 15.9 Å². The van der Waals surface area contributed by atoms with Gasteiger partial charge in [-0.15, -0.1) is 0 Å². The minimum Gasteiger partial charge on any atom is -0.493 e. The van der Waals surface area contributed by atoms with Crippen LogP contribution in [0, 0.1) is 0 Å². The molecule has 2 aromatic carbocycles. The Morgan fingerprint density at radius 1 is 0.868 bits per heavy atom. The molecule has 11 nitrogen and oxygen atoms in total. The minimum absolute atomic E-state index is 0.0201. The zero-order valence-corrected chi connectivity index (χ0v) is 22.1. The Labute approximate surface area is 220 Å². The zero-order chi connectivity index (χ0) is 27.3. The van der Waals surface area contributed by atoms with E-state index in [9.17, 15) is 13.5 Å². The van der Waals surface area contributed by atoms with Crippen LogP contribution in [0.4, 0.5) is 5.82 Å². The summed E-state index contributed by atoms with van der Waals surface area (Å²) < 4.78 is 46.2. The van der Waals surface area contributed by atoms with E-state index in [0.717, 1.165) is 5.56 Å². The highest BCUT2D eigenvalue weighted by Gasteiger charge is 2.26. The lowest BCUT2D eigenvalue weighted by atomic mass is 9.86. The molecule has 38 heavy (non-hydrogen) atoms. The third-order valence-electron chi connectivity index (χ3n) is 5.65. The van der Waals surface area contributed by atoms with Crippen molar-refractivity contribution in [2.24, 2.45) is 0 Å². The summed E-state index contributed by atoms with van der Waals surface area (Å²) in [5.74, 6) is 0.546. The smallest absolute Gasteiger partial charge is 0.263 e. The molecule has 0 radical (unpaired) electrons. The molecule has 0 saturated carbocycles. The molecule has 198 valence electrons. The van der Waals surface area contributed by atoms with Gasteiger partial charge in [-0.2, -0.15) is 4.98 Å². The van der Waals surface area contributed by atoms with Crippen LogP contribution in [-0.4, -0.2) is 54.3 Å². The van der Waals surface area contributed by atoms with E-state index in [4.69, 9.17) is 14.2 Å². The molecule has 4 aromatic rings. The molecule has 0 aliphatic carbocycles. The third kappa shape index (κ3) is 5.66. The van der Waals surface area contributed by atoms with Gasteiger partial charge in [0.1, 0.15) is 0 Å². The fourth-order valence-electron chi connectivity index (χ4n) is 3.42. The SMILES string of the molecule is COc1ccccc1Oc1c(NS(=O)(=O)c2ccc(C(C)(C)CO)cc2)nc(-c2ncccn2)nc1OC. The van der Waals surface area contributed by atoms with Gasteiger partial charge in [0.05, 0.1) is 25.7 Å². The van der Waals surface area contributed by atoms with Crippen LogP contribution in [0.3, 0.4) is 0 Å². The minimum atomic E-state index is -4.15. The maximum absolute atomic E-state index is 13.4. The monoisotopic (exact) mass is 537 g/mol. The van der Waals surface area contributed by atoms with Gasteiger partial charge in [0.2, 0.25) is 11.6 Å². The molecule has 2 heterocycles. The molecule has 0 fully saturated rings. The number of hydrogen-bond donors (Lipinski definition) is 2. The molecule has 0 saturated heterocycles. The lowest BCUT2D eigenvalue weighted by Gasteiger charge is -2.22. The van der Waals surface area contributed by atoms with Crippen molar-refractivity contribution in [1.29, 1.82) is 0 Å². The fraction of sp³-hybridized carbons (Fsp3) is 0.231. The number of ether oxygens (including phenoxy) is 3. The molecule has 0 aliphatic heterocycles. The van der Waals surface area contributed by atoms with Crippen molar-refractivity contribution in [3.05, 3.63) is 72.6 Å². The van der Waals surface area contributed by atoms with Crippen LogP contribution in [0.1, 0.15) is 19.4 Å². The van der Waals surface area contributed by atoms with Crippen molar-refractivity contribution in [3.8, 4) is 34.8 Å². The van der Waals surface area contributed by atoms with Crippen molar-refractivity contribution < 1.29 is 27.7 Å². The molecule has 0 bridgehead atoms. The normalized spacial score (nSPS) is 11.6. The molecule has 0 unspecified atom stereocenters. The lowest BCUT2D eigenvalue weighted by molar-refractivity contribution is 0.218. The van der Waals surface area contributed by atoms with Gasteiger partial charge in [-0.05, 0) is 35.9 Å². The van der Waals surface area contributed by atoms with Crippen molar-refractivity contribution in [1.82, 2.24) is 19.9 Å². The third-order valence-corrected chi connectivity index (χ3v) is 7.00. The van der Waals surface area contributed by atoms with Gasteiger partial charge in [0.15, 0.2) is 23.1 Å². The first-order valence-corrected chi connectivity index (χ1v) is 13.0. The molecule has 4 rings (SSSR count). The van der Waals surface area contributed by atoms with E-state index in [1.165, 1.54) is 38.7 Å². The summed E-state index contributed by atoms with van der Waals surface area (Å²) in [6, 6.07) is 14.7. The molecular weight excluding hydrogens is 510 g/mol. The number of methoxy groups -OCH3 is 2. The van der Waals surface area contributed by atoms with Gasteiger partial charge in [-0.1, -0.05) is 38.1 Å². The van der Waals surface area contributed by atoms with Crippen molar-refractivity contribution in [3.63, 3.8) is 0 Å². The lowest BCUT2D eigenvalue weighted by Crippen LogP contribution is -2.22. The number of sulfonamides is 1. The van der Waals surface area contributed by atoms with Crippen LogP contribution in [-0.2, 0) is 15.4 Å². The molecular formula is C26H27N5O6S. The largest absolute Gasteiger partial charge is 0.493 e. The Bertz CT molecular complexity index is 1510. The first-order valence-electron chi connectivity index (χ1n) is 11.5. The first kappa shape index (κ1) is 26.8. The summed E-state index contributed by atoms with van der Waals surface area (Å²) in [6.45, 7) is 3.62. The van der Waals surface area contributed by atoms with Gasteiger partial charge in [0, 0.05) is 17.8 Å². The summed E-state index contributed by atoms with van der Waals surface area (Å²) in [5.41, 5.74) is 0.252. The number of aromatic nitrogens is 4. The zero-order valence-electron chi connectivity index (χ0n) is 21.2. The Balaban J connectivity index is 1.81. The van der Waals surface area contributed by atoms with Crippen LogP contribution in [0.2, 0.25) is 0 Å². The predicted octanol–water partition coefficient (Wildman–Crippen LogP) is 3.81. The second-order valence-corrected chi connectivity index (χ2v) is 10.4. The second kappa shape index (κ2) is 11.0. The first-order chi connectivity index (χ1) is 18.2. The molecule has 0 atom stereocenters. The maximum Gasteiger partial charge on any atom is 0.263 e. The standard InChI is InChI=1S/C26H27N5O6S/c1-26(2,16-32)17-10-12-18(13-11-17)38(33,34)31-22-21(37-20-9-6-5-8-19(20)35-3)25(36-4)30-24(29-22)23-27-14-7-15-28-23/h5-15,32H,16H2,1-4H3,(H,29,30,31). The molecule has 2 aromatic heterocycles. The highest BCUT2D eigenvalue weighted by Crippen LogP contribution is 2.41. The number of aliphatic hydroxyl groups excluding tert-OH is 1. The summed E-state index contributed by atoms with van der Waals surface area (Å²) in [4.78, 5) is 17.0. The number of hydrogen-bond acceptors (Lipinski definition) is 10. The average molecular weight is 538 g/mol. The summed E-state index contributed by atoms with van der Waals surface area (Å²) in [6.07, 6.45) is 3.02. The Morgan fingerprint density at radius 2 is 1.53 bits per heavy atom. The Kier molecular flexibility index (Phi) is 7.74. The van der Waals surface area contributed by atoms with Crippen molar-refractivity contribution >= 4 is 15.8 Å².